The first-order valence-corrected chi connectivity index (χ1v) is 6.80. The maximum atomic E-state index is 9.20. The second kappa shape index (κ2) is 5.21. The number of benzene rings is 1. The predicted molar refractivity (Wildman–Crippen MR) is 77.7 cm³/mol. The summed E-state index contributed by atoms with van der Waals surface area (Å²) < 4.78 is 11.9. The summed E-state index contributed by atoms with van der Waals surface area (Å²) in [5.41, 5.74) is 1.45. The van der Waals surface area contributed by atoms with Gasteiger partial charge in [-0.1, -0.05) is 12.1 Å². The van der Waals surface area contributed by atoms with Gasteiger partial charge in [0.25, 0.3) is 0 Å². The lowest BCUT2D eigenvalue weighted by molar-refractivity contribution is 0.00578. The Balaban J connectivity index is 2.30. The summed E-state index contributed by atoms with van der Waals surface area (Å²) in [4.78, 5) is 0. The smallest absolute Gasteiger partial charge is 0.399 e. The number of rotatable bonds is 3. The molecule has 1 fully saturated rings. The van der Waals surface area contributed by atoms with Crippen molar-refractivity contribution in [2.75, 3.05) is 6.61 Å². The average Bonchev–Trinajstić information content (AvgIpc) is 2.59. The van der Waals surface area contributed by atoms with E-state index in [1.807, 2.05) is 39.8 Å². The second-order valence-electron chi connectivity index (χ2n) is 6.09. The van der Waals surface area contributed by atoms with Crippen LogP contribution in [0.15, 0.2) is 18.2 Å². The van der Waals surface area contributed by atoms with Crippen LogP contribution in [0.5, 0.6) is 0 Å². The molecule has 1 aliphatic rings. The number of aliphatic hydroxyl groups is 1. The Labute approximate surface area is 120 Å². The van der Waals surface area contributed by atoms with Crippen LogP contribution >= 0.6 is 0 Å². The van der Waals surface area contributed by atoms with Crippen molar-refractivity contribution >= 4 is 12.6 Å². The third-order valence-corrected chi connectivity index (χ3v) is 4.16. The normalized spacial score (nSPS) is 19.9. The SMILES string of the molecule is CC1(C)OB(c2ccc(CCO)c(C#N)c2)OC1(C)C. The Morgan fingerprint density at radius 2 is 1.80 bits per heavy atom. The monoisotopic (exact) mass is 273 g/mol. The zero-order valence-corrected chi connectivity index (χ0v) is 12.4. The van der Waals surface area contributed by atoms with Crippen LogP contribution in [0.1, 0.15) is 38.8 Å². The maximum absolute atomic E-state index is 9.20. The van der Waals surface area contributed by atoms with E-state index in [9.17, 15) is 5.26 Å². The molecule has 4 nitrogen and oxygen atoms in total. The molecule has 1 aliphatic heterocycles. The summed E-state index contributed by atoms with van der Waals surface area (Å²) in [6, 6.07) is 7.70. The van der Waals surface area contributed by atoms with Crippen LogP contribution in [-0.2, 0) is 15.7 Å². The quantitative estimate of drug-likeness (QED) is 0.845. The van der Waals surface area contributed by atoms with Crippen molar-refractivity contribution in [1.29, 1.82) is 5.26 Å². The Morgan fingerprint density at radius 1 is 1.20 bits per heavy atom. The summed E-state index contributed by atoms with van der Waals surface area (Å²) in [7, 11) is -0.463. The molecule has 106 valence electrons. The van der Waals surface area contributed by atoms with Crippen LogP contribution < -0.4 is 5.46 Å². The number of nitriles is 1. The van der Waals surface area contributed by atoms with Gasteiger partial charge < -0.3 is 14.4 Å². The molecule has 0 unspecified atom stereocenters. The van der Waals surface area contributed by atoms with Crippen molar-refractivity contribution in [1.82, 2.24) is 0 Å². The third-order valence-electron chi connectivity index (χ3n) is 4.16. The summed E-state index contributed by atoms with van der Waals surface area (Å²) in [5.74, 6) is 0. The molecule has 0 aliphatic carbocycles. The fraction of sp³-hybridized carbons (Fsp3) is 0.533. The lowest BCUT2D eigenvalue weighted by atomic mass is 9.77. The topological polar surface area (TPSA) is 62.5 Å². The second-order valence-corrected chi connectivity index (χ2v) is 6.09. The van der Waals surface area contributed by atoms with Gasteiger partial charge >= 0.3 is 7.12 Å². The molecule has 0 amide bonds. The van der Waals surface area contributed by atoms with Crippen molar-refractivity contribution < 1.29 is 14.4 Å². The molecule has 0 aromatic heterocycles. The highest BCUT2D eigenvalue weighted by Gasteiger charge is 2.51. The predicted octanol–water partition coefficient (Wildman–Crippen LogP) is 1.39. The summed E-state index contributed by atoms with van der Waals surface area (Å²) in [6.07, 6.45) is 0.479. The highest BCUT2D eigenvalue weighted by Crippen LogP contribution is 2.36. The highest BCUT2D eigenvalue weighted by atomic mass is 16.7. The summed E-state index contributed by atoms with van der Waals surface area (Å²) in [5, 5.41) is 18.2. The summed E-state index contributed by atoms with van der Waals surface area (Å²) in [6.45, 7) is 8.03. The van der Waals surface area contributed by atoms with E-state index in [4.69, 9.17) is 14.4 Å². The van der Waals surface area contributed by atoms with Gasteiger partial charge in [0.15, 0.2) is 0 Å². The van der Waals surface area contributed by atoms with Gasteiger partial charge in [-0.05, 0) is 51.2 Å². The van der Waals surface area contributed by atoms with Crippen molar-refractivity contribution in [3.05, 3.63) is 29.3 Å². The first kappa shape index (κ1) is 15.1. The number of hydrogen-bond acceptors (Lipinski definition) is 4. The Morgan fingerprint density at radius 3 is 2.30 bits per heavy atom. The number of aliphatic hydroxyl groups excluding tert-OH is 1. The Kier molecular flexibility index (Phi) is 3.92. The minimum absolute atomic E-state index is 0.0323. The van der Waals surface area contributed by atoms with Crippen molar-refractivity contribution in [3.63, 3.8) is 0 Å². The average molecular weight is 273 g/mol. The van der Waals surface area contributed by atoms with E-state index in [2.05, 4.69) is 6.07 Å². The molecule has 1 heterocycles. The largest absolute Gasteiger partial charge is 0.494 e. The van der Waals surface area contributed by atoms with Gasteiger partial charge in [0.2, 0.25) is 0 Å². The van der Waals surface area contributed by atoms with Crippen LogP contribution in [0.25, 0.3) is 0 Å². The number of hydrogen-bond donors (Lipinski definition) is 1. The molecule has 0 saturated carbocycles. The minimum Gasteiger partial charge on any atom is -0.399 e. The van der Waals surface area contributed by atoms with Crippen molar-refractivity contribution in [3.8, 4) is 6.07 Å². The molecular weight excluding hydrogens is 253 g/mol. The van der Waals surface area contributed by atoms with Gasteiger partial charge in [0.1, 0.15) is 0 Å². The first-order chi connectivity index (χ1) is 9.30. The molecule has 0 bridgehead atoms. The molecule has 1 saturated heterocycles. The molecule has 20 heavy (non-hydrogen) atoms. The van der Waals surface area contributed by atoms with Gasteiger partial charge in [-0.3, -0.25) is 0 Å². The maximum Gasteiger partial charge on any atom is 0.494 e. The van der Waals surface area contributed by atoms with Crippen LogP contribution in [0.2, 0.25) is 0 Å². The Bertz CT molecular complexity index is 533. The molecule has 0 spiro atoms. The van der Waals surface area contributed by atoms with Crippen LogP contribution in [0.4, 0.5) is 0 Å². The zero-order chi connectivity index (χ0) is 15.0. The lowest BCUT2D eigenvalue weighted by Crippen LogP contribution is -2.41. The molecule has 1 aromatic rings. The summed E-state index contributed by atoms with van der Waals surface area (Å²) >= 11 is 0. The van der Waals surface area contributed by atoms with Crippen LogP contribution in [-0.4, -0.2) is 30.0 Å². The van der Waals surface area contributed by atoms with Gasteiger partial charge in [0, 0.05) is 6.61 Å². The molecular formula is C15H20BNO3. The van der Waals surface area contributed by atoms with Gasteiger partial charge in [-0.2, -0.15) is 5.26 Å². The van der Waals surface area contributed by atoms with E-state index in [1.54, 1.807) is 6.07 Å². The van der Waals surface area contributed by atoms with Crippen molar-refractivity contribution in [2.24, 2.45) is 0 Å². The van der Waals surface area contributed by atoms with E-state index in [1.165, 1.54) is 0 Å². The number of nitrogens with zero attached hydrogens (tertiary/aromatic N) is 1. The van der Waals surface area contributed by atoms with Gasteiger partial charge in [-0.15, -0.1) is 0 Å². The van der Waals surface area contributed by atoms with E-state index in [-0.39, 0.29) is 6.61 Å². The fourth-order valence-electron chi connectivity index (χ4n) is 2.16. The Hall–Kier alpha value is -1.35. The molecule has 0 radical (unpaired) electrons. The van der Waals surface area contributed by atoms with Crippen LogP contribution in [0.3, 0.4) is 0 Å². The first-order valence-electron chi connectivity index (χ1n) is 6.80. The minimum atomic E-state index is -0.463. The van der Waals surface area contributed by atoms with E-state index in [0.717, 1.165) is 11.0 Å². The molecule has 2 rings (SSSR count). The van der Waals surface area contributed by atoms with Gasteiger partial charge in [0.05, 0.1) is 22.8 Å². The molecule has 1 aromatic carbocycles. The van der Waals surface area contributed by atoms with Crippen molar-refractivity contribution in [2.45, 2.75) is 45.3 Å². The highest BCUT2D eigenvalue weighted by molar-refractivity contribution is 6.62. The molecule has 5 heteroatoms. The lowest BCUT2D eigenvalue weighted by Gasteiger charge is -2.32. The van der Waals surface area contributed by atoms with Gasteiger partial charge in [-0.25, -0.2) is 0 Å². The third kappa shape index (κ3) is 2.60. The molecule has 1 N–H and O–H groups in total. The van der Waals surface area contributed by atoms with E-state index in [0.29, 0.717) is 12.0 Å². The van der Waals surface area contributed by atoms with E-state index < -0.39 is 18.3 Å². The fourth-order valence-corrected chi connectivity index (χ4v) is 2.16. The standard InChI is InChI=1S/C15H20BNO3/c1-14(2)15(3,4)20-16(19-14)13-6-5-11(7-8-18)12(9-13)10-17/h5-6,9,18H,7-8H2,1-4H3. The van der Waals surface area contributed by atoms with E-state index >= 15 is 0 Å². The molecule has 0 atom stereocenters. The van der Waals surface area contributed by atoms with Crippen LogP contribution in [0, 0.1) is 11.3 Å². The zero-order valence-electron chi connectivity index (χ0n) is 12.4.